The third kappa shape index (κ3) is 3.67. The fourth-order valence-electron chi connectivity index (χ4n) is 5.72. The molecule has 0 unspecified atom stereocenters. The summed E-state index contributed by atoms with van der Waals surface area (Å²) in [6.45, 7) is 0. The van der Waals surface area contributed by atoms with Gasteiger partial charge in [-0.05, 0) is 42.0 Å². The largest absolute Gasteiger partial charge is 0.456 e. The van der Waals surface area contributed by atoms with Gasteiger partial charge in [-0.2, -0.15) is 0 Å². The zero-order valence-corrected chi connectivity index (χ0v) is 23.0. The first-order valence-electron chi connectivity index (χ1n) is 13.8. The normalized spacial score (nSPS) is 12.6. The summed E-state index contributed by atoms with van der Waals surface area (Å²) in [5, 5.41) is 3.17. The van der Waals surface area contributed by atoms with Crippen LogP contribution in [-0.2, 0) is 5.75 Å². The van der Waals surface area contributed by atoms with Gasteiger partial charge in [-0.25, -0.2) is 19.9 Å². The van der Waals surface area contributed by atoms with E-state index in [1.165, 1.54) is 5.56 Å². The Labute approximate surface area is 244 Å². The molecular weight excluding hydrogens is 538 g/mol. The first kappa shape index (κ1) is 23.4. The number of furan rings is 1. The van der Waals surface area contributed by atoms with Gasteiger partial charge in [-0.3, -0.25) is 4.57 Å². The van der Waals surface area contributed by atoms with Crippen molar-refractivity contribution in [3.8, 4) is 39.9 Å². The zero-order valence-electron chi connectivity index (χ0n) is 22.2. The maximum Gasteiger partial charge on any atom is 0.174 e. The molecule has 1 aliphatic rings. The second kappa shape index (κ2) is 9.12. The Morgan fingerprint density at radius 1 is 0.571 bits per heavy atom. The molecule has 9 rings (SSSR count). The molecule has 0 saturated carbocycles. The molecule has 0 N–H and O–H groups in total. The minimum Gasteiger partial charge on any atom is -0.456 e. The number of benzene rings is 5. The lowest BCUT2D eigenvalue weighted by Gasteiger charge is -2.19. The van der Waals surface area contributed by atoms with Crippen molar-refractivity contribution in [1.29, 1.82) is 0 Å². The molecule has 6 nitrogen and oxygen atoms in total. The number of hydrogen-bond donors (Lipinski definition) is 0. The van der Waals surface area contributed by atoms with Gasteiger partial charge in [0.05, 0.1) is 16.7 Å². The summed E-state index contributed by atoms with van der Waals surface area (Å²) in [7, 11) is 0. The van der Waals surface area contributed by atoms with Crippen molar-refractivity contribution < 1.29 is 4.42 Å². The summed E-state index contributed by atoms with van der Waals surface area (Å²) in [6, 6.07) is 39.1. The van der Waals surface area contributed by atoms with Gasteiger partial charge in [0.1, 0.15) is 11.2 Å². The standard InChI is InChI=1S/C35H21N5OS/c1-2-8-21(9-3-1)32-37-33(39-34(38-32)23-16-17-26-25-10-4-7-13-30(25)41-31(26)19-23)22-14-15-24-20-42-35-36-27-11-5-6-12-28(27)40(35)29(24)18-22/h1-19H,20H2. The first-order chi connectivity index (χ1) is 20.8. The average molecular weight is 560 g/mol. The third-order valence-corrected chi connectivity index (χ3v) is 8.76. The Hall–Kier alpha value is -5.27. The Balaban J connectivity index is 1.23. The summed E-state index contributed by atoms with van der Waals surface area (Å²) in [5.41, 5.74) is 8.87. The summed E-state index contributed by atoms with van der Waals surface area (Å²) >= 11 is 1.76. The Bertz CT molecular complexity index is 2320. The smallest absolute Gasteiger partial charge is 0.174 e. The number of nitrogens with zero attached hydrogens (tertiary/aromatic N) is 5. The topological polar surface area (TPSA) is 69.6 Å². The summed E-state index contributed by atoms with van der Waals surface area (Å²) in [6.07, 6.45) is 0. The Kier molecular flexibility index (Phi) is 5.09. The van der Waals surface area contributed by atoms with Gasteiger partial charge in [0.25, 0.3) is 0 Å². The van der Waals surface area contributed by atoms with Crippen LogP contribution in [0.5, 0.6) is 0 Å². The molecule has 0 fully saturated rings. The maximum absolute atomic E-state index is 6.19. The highest BCUT2D eigenvalue weighted by Crippen LogP contribution is 2.39. The highest BCUT2D eigenvalue weighted by Gasteiger charge is 2.22. The fraction of sp³-hybridized carbons (Fsp3) is 0.0286. The SMILES string of the molecule is c1ccc(-c2nc(-c3ccc4c(c3)-n3c(nc5ccccc53)SC4)nc(-c3ccc4c(c3)oc3ccccc34)n2)cc1. The van der Waals surface area contributed by atoms with Gasteiger partial charge in [-0.1, -0.05) is 90.6 Å². The highest BCUT2D eigenvalue weighted by atomic mass is 32.2. The summed E-state index contributed by atoms with van der Waals surface area (Å²) < 4.78 is 8.43. The molecule has 0 amide bonds. The van der Waals surface area contributed by atoms with Crippen molar-refractivity contribution in [2.75, 3.05) is 0 Å². The summed E-state index contributed by atoms with van der Waals surface area (Å²) in [5.74, 6) is 2.72. The van der Waals surface area contributed by atoms with E-state index in [2.05, 4.69) is 59.2 Å². The number of fused-ring (bicyclic) bond motifs is 8. The van der Waals surface area contributed by atoms with Gasteiger partial charge >= 0.3 is 0 Å². The van der Waals surface area contributed by atoms with Gasteiger partial charge in [0.15, 0.2) is 22.6 Å². The van der Waals surface area contributed by atoms with Crippen molar-refractivity contribution in [2.45, 2.75) is 10.9 Å². The summed E-state index contributed by atoms with van der Waals surface area (Å²) in [4.78, 5) is 19.8. The van der Waals surface area contributed by atoms with E-state index in [-0.39, 0.29) is 0 Å². The van der Waals surface area contributed by atoms with Crippen LogP contribution >= 0.6 is 11.8 Å². The molecular formula is C35H21N5OS. The van der Waals surface area contributed by atoms with Crippen molar-refractivity contribution in [1.82, 2.24) is 24.5 Å². The van der Waals surface area contributed by atoms with E-state index in [1.807, 2.05) is 60.7 Å². The van der Waals surface area contributed by atoms with E-state index in [0.717, 1.165) is 66.3 Å². The number of thioether (sulfide) groups is 1. The molecule has 0 aliphatic carbocycles. The van der Waals surface area contributed by atoms with Crippen LogP contribution in [0.1, 0.15) is 5.56 Å². The Morgan fingerprint density at radius 3 is 2.14 bits per heavy atom. The van der Waals surface area contributed by atoms with Crippen LogP contribution in [-0.4, -0.2) is 24.5 Å². The van der Waals surface area contributed by atoms with Gasteiger partial charge < -0.3 is 4.42 Å². The molecule has 198 valence electrons. The molecule has 5 aromatic carbocycles. The van der Waals surface area contributed by atoms with E-state index in [0.29, 0.717) is 17.5 Å². The molecule has 0 radical (unpaired) electrons. The predicted molar refractivity (Wildman–Crippen MR) is 168 cm³/mol. The quantitative estimate of drug-likeness (QED) is 0.216. The van der Waals surface area contributed by atoms with E-state index in [9.17, 15) is 0 Å². The molecule has 8 aromatic rings. The second-order valence-corrected chi connectivity index (χ2v) is 11.3. The van der Waals surface area contributed by atoms with E-state index in [1.54, 1.807) is 11.8 Å². The molecule has 7 heteroatoms. The maximum atomic E-state index is 6.19. The zero-order chi connectivity index (χ0) is 27.6. The van der Waals surface area contributed by atoms with E-state index in [4.69, 9.17) is 24.4 Å². The Morgan fingerprint density at radius 2 is 1.26 bits per heavy atom. The van der Waals surface area contributed by atoms with Crippen LogP contribution in [0.25, 0.3) is 72.8 Å². The lowest BCUT2D eigenvalue weighted by Crippen LogP contribution is -2.07. The van der Waals surface area contributed by atoms with Crippen molar-refractivity contribution >= 4 is 44.7 Å². The molecule has 42 heavy (non-hydrogen) atoms. The van der Waals surface area contributed by atoms with Crippen LogP contribution in [0.4, 0.5) is 0 Å². The molecule has 1 aliphatic heterocycles. The second-order valence-electron chi connectivity index (χ2n) is 10.3. The van der Waals surface area contributed by atoms with Gasteiger partial charge in [0, 0.05) is 33.2 Å². The molecule has 0 spiro atoms. The molecule has 4 heterocycles. The third-order valence-electron chi connectivity index (χ3n) is 7.78. The van der Waals surface area contributed by atoms with E-state index >= 15 is 0 Å². The minimum atomic E-state index is 0.600. The fourth-order valence-corrected chi connectivity index (χ4v) is 6.74. The average Bonchev–Trinajstić information content (AvgIpc) is 3.63. The lowest BCUT2D eigenvalue weighted by atomic mass is 10.1. The van der Waals surface area contributed by atoms with Crippen LogP contribution in [0.15, 0.2) is 125 Å². The molecule has 0 atom stereocenters. The molecule has 3 aromatic heterocycles. The number of aromatic nitrogens is 5. The molecule has 0 bridgehead atoms. The van der Waals surface area contributed by atoms with Crippen molar-refractivity contribution in [3.05, 3.63) is 121 Å². The van der Waals surface area contributed by atoms with Crippen LogP contribution in [0.3, 0.4) is 0 Å². The predicted octanol–water partition coefficient (Wildman–Crippen LogP) is 8.72. The first-order valence-corrected chi connectivity index (χ1v) is 14.7. The van der Waals surface area contributed by atoms with Crippen LogP contribution < -0.4 is 0 Å². The van der Waals surface area contributed by atoms with Crippen molar-refractivity contribution in [2.24, 2.45) is 0 Å². The number of hydrogen-bond acceptors (Lipinski definition) is 6. The minimum absolute atomic E-state index is 0.600. The van der Waals surface area contributed by atoms with Gasteiger partial charge in [-0.15, -0.1) is 0 Å². The number of rotatable bonds is 3. The molecule has 0 saturated heterocycles. The number of para-hydroxylation sites is 3. The van der Waals surface area contributed by atoms with Crippen LogP contribution in [0.2, 0.25) is 0 Å². The van der Waals surface area contributed by atoms with Gasteiger partial charge in [0.2, 0.25) is 0 Å². The number of imidazole rings is 1. The lowest BCUT2D eigenvalue weighted by molar-refractivity contribution is 0.669. The van der Waals surface area contributed by atoms with Crippen molar-refractivity contribution in [3.63, 3.8) is 0 Å². The monoisotopic (exact) mass is 559 g/mol. The van der Waals surface area contributed by atoms with E-state index < -0.39 is 0 Å². The highest BCUT2D eigenvalue weighted by molar-refractivity contribution is 7.98. The van der Waals surface area contributed by atoms with Crippen LogP contribution in [0, 0.1) is 0 Å².